The van der Waals surface area contributed by atoms with E-state index < -0.39 is 12.2 Å². The fourth-order valence-electron chi connectivity index (χ4n) is 6.98. The predicted octanol–water partition coefficient (Wildman–Crippen LogP) is 8.17. The molecule has 1 saturated heterocycles. The van der Waals surface area contributed by atoms with Crippen LogP contribution in [0.25, 0.3) is 11.1 Å². The van der Waals surface area contributed by atoms with Crippen molar-refractivity contribution in [3.05, 3.63) is 167 Å². The number of nitrogens with zero attached hydrogens (tertiary/aromatic N) is 1. The van der Waals surface area contributed by atoms with Gasteiger partial charge >= 0.3 is 0 Å². The number of unbranched alkanes of at least 4 members (excludes halogenated alkanes) is 2. The average Bonchev–Trinajstić information content (AvgIpc) is 3.23. The standard InChI is InChI=1S/C46H51N3O6/c50-33-36-19-21-39(22-20-36)43-28-42(32-49(30-34-11-4-1-5-12-34)31-35-13-6-2-7-14-35)54-46(55-43)40-25-23-38(24-26-40)41-16-10-15-37(27-41)29-47-44(51)17-8-3-9-18-45(52)48-53/h1-2,4-7,10-16,19-27,42-43,46,50,53H,3,8-9,17-18,28-33H2,(H,47,51)(H,48,52)/t42-,43+,46+/m0/s1. The van der Waals surface area contributed by atoms with E-state index in [-0.39, 0.29) is 31.1 Å². The number of rotatable bonds is 18. The molecule has 3 atom stereocenters. The quantitative estimate of drug-likeness (QED) is 0.0407. The van der Waals surface area contributed by atoms with Crippen molar-refractivity contribution < 1.29 is 29.4 Å². The van der Waals surface area contributed by atoms with Crippen LogP contribution in [0.1, 0.15) is 84.3 Å². The van der Waals surface area contributed by atoms with Gasteiger partial charge in [-0.2, -0.15) is 0 Å². The Bertz CT molecular complexity index is 1880. The van der Waals surface area contributed by atoms with E-state index >= 15 is 0 Å². The number of hydrogen-bond acceptors (Lipinski definition) is 7. The topological polar surface area (TPSA) is 120 Å². The highest BCUT2D eigenvalue weighted by atomic mass is 16.7. The molecule has 286 valence electrons. The molecule has 5 aromatic carbocycles. The third kappa shape index (κ3) is 12.2. The SMILES string of the molecule is O=C(CCCCCC(=O)NCc1cccc(-c2ccc([C@@H]3O[C@H](CN(Cc4ccccc4)Cc4ccccc4)C[C@H](c4ccc(CO)cc4)O3)cc2)c1)NO. The van der Waals surface area contributed by atoms with Gasteiger partial charge in [0.25, 0.3) is 0 Å². The van der Waals surface area contributed by atoms with Crippen molar-refractivity contribution >= 4 is 11.8 Å². The third-order valence-electron chi connectivity index (χ3n) is 9.94. The first kappa shape index (κ1) is 39.5. The molecule has 0 aromatic heterocycles. The molecule has 6 rings (SSSR count). The lowest BCUT2D eigenvalue weighted by molar-refractivity contribution is -0.253. The van der Waals surface area contributed by atoms with Crippen LogP contribution in [0.15, 0.2) is 133 Å². The number of amides is 2. The van der Waals surface area contributed by atoms with Gasteiger partial charge in [0, 0.05) is 51.0 Å². The first-order chi connectivity index (χ1) is 26.9. The lowest BCUT2D eigenvalue weighted by atomic mass is 9.98. The number of carbonyl (C=O) groups is 2. The fourth-order valence-corrected chi connectivity index (χ4v) is 6.98. The van der Waals surface area contributed by atoms with Gasteiger partial charge in [0.15, 0.2) is 6.29 Å². The summed E-state index contributed by atoms with van der Waals surface area (Å²) >= 11 is 0. The van der Waals surface area contributed by atoms with Crippen molar-refractivity contribution in [2.45, 2.75) is 83.3 Å². The first-order valence-electron chi connectivity index (χ1n) is 19.2. The van der Waals surface area contributed by atoms with Crippen LogP contribution in [0.3, 0.4) is 0 Å². The maximum Gasteiger partial charge on any atom is 0.243 e. The monoisotopic (exact) mass is 741 g/mol. The van der Waals surface area contributed by atoms with E-state index in [0.29, 0.717) is 32.2 Å². The maximum atomic E-state index is 12.4. The number of carbonyl (C=O) groups excluding carboxylic acids is 2. The molecule has 0 bridgehead atoms. The Morgan fingerprint density at radius 1 is 0.636 bits per heavy atom. The molecule has 5 aromatic rings. The molecule has 0 saturated carbocycles. The minimum Gasteiger partial charge on any atom is -0.392 e. The maximum absolute atomic E-state index is 12.4. The summed E-state index contributed by atoms with van der Waals surface area (Å²) in [5, 5.41) is 21.3. The molecular formula is C46H51N3O6. The Balaban J connectivity index is 1.13. The molecule has 55 heavy (non-hydrogen) atoms. The summed E-state index contributed by atoms with van der Waals surface area (Å²) in [5.74, 6) is -0.437. The van der Waals surface area contributed by atoms with Gasteiger partial charge < -0.3 is 19.9 Å². The zero-order valence-corrected chi connectivity index (χ0v) is 31.2. The van der Waals surface area contributed by atoms with Crippen LogP contribution in [0.2, 0.25) is 0 Å². The van der Waals surface area contributed by atoms with Gasteiger partial charge in [0.05, 0.1) is 18.8 Å². The van der Waals surface area contributed by atoms with Gasteiger partial charge in [-0.25, -0.2) is 5.48 Å². The van der Waals surface area contributed by atoms with Gasteiger partial charge in [-0.1, -0.05) is 134 Å². The number of aliphatic hydroxyl groups excluding tert-OH is 1. The predicted molar refractivity (Wildman–Crippen MR) is 212 cm³/mol. The molecule has 2 amide bonds. The molecule has 0 spiro atoms. The Kier molecular flexibility index (Phi) is 14.7. The van der Waals surface area contributed by atoms with Crippen molar-refractivity contribution in [3.63, 3.8) is 0 Å². The molecule has 1 fully saturated rings. The number of nitrogens with one attached hydrogen (secondary N) is 2. The van der Waals surface area contributed by atoms with Crippen molar-refractivity contribution in [2.75, 3.05) is 6.54 Å². The third-order valence-corrected chi connectivity index (χ3v) is 9.94. The summed E-state index contributed by atoms with van der Waals surface area (Å²) in [6.45, 7) is 2.73. The van der Waals surface area contributed by atoms with Crippen LogP contribution < -0.4 is 10.8 Å². The van der Waals surface area contributed by atoms with E-state index in [1.807, 2.05) is 48.5 Å². The van der Waals surface area contributed by atoms with E-state index in [1.165, 1.54) is 11.1 Å². The van der Waals surface area contributed by atoms with Crippen molar-refractivity contribution in [1.82, 2.24) is 15.7 Å². The van der Waals surface area contributed by atoms with Gasteiger partial charge in [-0.3, -0.25) is 19.7 Å². The van der Waals surface area contributed by atoms with Crippen molar-refractivity contribution in [2.24, 2.45) is 0 Å². The lowest BCUT2D eigenvalue weighted by Gasteiger charge is -2.38. The lowest BCUT2D eigenvalue weighted by Crippen LogP contribution is -2.39. The molecule has 1 heterocycles. The summed E-state index contributed by atoms with van der Waals surface area (Å²) in [4.78, 5) is 26.0. The summed E-state index contributed by atoms with van der Waals surface area (Å²) in [6.07, 6.45) is 2.52. The number of hydrogen-bond donors (Lipinski definition) is 4. The molecule has 0 radical (unpaired) electrons. The number of aliphatic hydroxyl groups is 1. The molecule has 1 aliphatic rings. The van der Waals surface area contributed by atoms with Crippen LogP contribution in [0.5, 0.6) is 0 Å². The summed E-state index contributed by atoms with van der Waals surface area (Å²) in [6, 6.07) is 45.5. The van der Waals surface area contributed by atoms with E-state index in [0.717, 1.165) is 59.4 Å². The van der Waals surface area contributed by atoms with E-state index in [2.05, 4.69) is 95.1 Å². The van der Waals surface area contributed by atoms with Crippen LogP contribution in [-0.4, -0.2) is 39.7 Å². The van der Waals surface area contributed by atoms with Gasteiger partial charge in [0.1, 0.15) is 0 Å². The van der Waals surface area contributed by atoms with Crippen molar-refractivity contribution in [3.8, 4) is 11.1 Å². The Morgan fingerprint density at radius 3 is 1.89 bits per heavy atom. The summed E-state index contributed by atoms with van der Waals surface area (Å²) in [5.41, 5.74) is 10.1. The molecule has 0 aliphatic carbocycles. The minimum atomic E-state index is -0.570. The molecular weight excluding hydrogens is 691 g/mol. The number of hydroxylamine groups is 1. The smallest absolute Gasteiger partial charge is 0.243 e. The van der Waals surface area contributed by atoms with Crippen LogP contribution in [0, 0.1) is 0 Å². The van der Waals surface area contributed by atoms with Gasteiger partial charge in [-0.05, 0) is 57.9 Å². The second kappa shape index (κ2) is 20.5. The van der Waals surface area contributed by atoms with Crippen LogP contribution >= 0.6 is 0 Å². The van der Waals surface area contributed by atoms with Crippen molar-refractivity contribution in [1.29, 1.82) is 0 Å². The van der Waals surface area contributed by atoms with Crippen LogP contribution in [0.4, 0.5) is 0 Å². The first-order valence-corrected chi connectivity index (χ1v) is 19.2. The van der Waals surface area contributed by atoms with E-state index in [1.54, 1.807) is 5.48 Å². The Labute approximate surface area is 323 Å². The average molecular weight is 742 g/mol. The van der Waals surface area contributed by atoms with Gasteiger partial charge in [0.2, 0.25) is 11.8 Å². The number of ether oxygens (including phenoxy) is 2. The summed E-state index contributed by atoms with van der Waals surface area (Å²) in [7, 11) is 0. The number of benzene rings is 5. The largest absolute Gasteiger partial charge is 0.392 e. The second-order valence-corrected chi connectivity index (χ2v) is 14.2. The van der Waals surface area contributed by atoms with E-state index in [9.17, 15) is 14.7 Å². The normalized spacial score (nSPS) is 16.8. The molecule has 1 aliphatic heterocycles. The molecule has 4 N–H and O–H groups in total. The fraction of sp³-hybridized carbons (Fsp3) is 0.304. The zero-order valence-electron chi connectivity index (χ0n) is 31.2. The van der Waals surface area contributed by atoms with E-state index in [4.69, 9.17) is 14.7 Å². The Morgan fingerprint density at radius 2 is 1.25 bits per heavy atom. The highest BCUT2D eigenvalue weighted by Crippen LogP contribution is 2.39. The molecule has 0 unspecified atom stereocenters. The Hall–Kier alpha value is -5.16. The highest BCUT2D eigenvalue weighted by molar-refractivity contribution is 5.76. The molecule has 9 nitrogen and oxygen atoms in total. The van der Waals surface area contributed by atoms with Crippen LogP contribution in [-0.2, 0) is 45.3 Å². The van der Waals surface area contributed by atoms with Gasteiger partial charge in [-0.15, -0.1) is 0 Å². The summed E-state index contributed by atoms with van der Waals surface area (Å²) < 4.78 is 13.5. The zero-order chi connectivity index (χ0) is 38.2. The second-order valence-electron chi connectivity index (χ2n) is 14.2. The molecule has 9 heteroatoms. The highest BCUT2D eigenvalue weighted by Gasteiger charge is 2.33. The minimum absolute atomic E-state index is 0.00545.